The van der Waals surface area contributed by atoms with E-state index in [1.54, 1.807) is 0 Å². The largest absolute Gasteiger partial charge is 0.309 e. The molecule has 47 heavy (non-hydrogen) atoms. The Hall–Kier alpha value is -5.70. The number of allylic oxidation sites excluding steroid dienone is 5. The van der Waals surface area contributed by atoms with Crippen LogP contribution in [0.5, 0.6) is 0 Å². The van der Waals surface area contributed by atoms with E-state index in [1.807, 2.05) is 17.4 Å². The predicted molar refractivity (Wildman–Crippen MR) is 208 cm³/mol. The van der Waals surface area contributed by atoms with Crippen molar-refractivity contribution in [2.24, 2.45) is 0 Å². The summed E-state index contributed by atoms with van der Waals surface area (Å²) in [6.07, 6.45) is 8.33. The van der Waals surface area contributed by atoms with E-state index >= 15 is 0 Å². The maximum absolute atomic E-state index is 4.11. The summed E-state index contributed by atoms with van der Waals surface area (Å²) in [6.45, 7) is 6.19. The lowest BCUT2D eigenvalue weighted by Gasteiger charge is -2.12. The second-order valence-electron chi connectivity index (χ2n) is 12.1. The summed E-state index contributed by atoms with van der Waals surface area (Å²) in [6, 6.07) is 49.0. The van der Waals surface area contributed by atoms with Crippen LogP contribution in [0, 0.1) is 0 Å². The summed E-state index contributed by atoms with van der Waals surface area (Å²) in [5.41, 5.74) is 8.40. The minimum Gasteiger partial charge on any atom is -0.309 e. The maximum Gasteiger partial charge on any atom is 0.0626 e. The van der Waals surface area contributed by atoms with E-state index in [-0.39, 0.29) is 0 Å². The van der Waals surface area contributed by atoms with E-state index in [2.05, 4.69) is 170 Å². The number of nitrogens with zero attached hydrogens (tertiary/aromatic N) is 1. The Morgan fingerprint density at radius 3 is 2.13 bits per heavy atom. The molecule has 0 fully saturated rings. The Morgan fingerprint density at radius 2 is 1.30 bits per heavy atom. The SMILES string of the molecule is C=C/C=C(\C=C/C)n1c2cc(-c3ccc4ccccc4c3)ccc2c2c3c4cc(-c5ccccc5)ccc4sc3c3ccccc3c21. The third-order valence-corrected chi connectivity index (χ3v) is 10.6. The zero-order valence-electron chi connectivity index (χ0n) is 26.1. The Kier molecular flexibility index (Phi) is 6.45. The predicted octanol–water partition coefficient (Wildman–Crippen LogP) is 13.4. The molecule has 0 N–H and O–H groups in total. The van der Waals surface area contributed by atoms with E-state index in [0.29, 0.717) is 0 Å². The Morgan fingerprint density at radius 1 is 0.596 bits per heavy atom. The zero-order valence-corrected chi connectivity index (χ0v) is 26.9. The van der Waals surface area contributed by atoms with Gasteiger partial charge in [-0.1, -0.05) is 128 Å². The van der Waals surface area contributed by atoms with Gasteiger partial charge in [0.1, 0.15) is 0 Å². The lowest BCUT2D eigenvalue weighted by Crippen LogP contribution is -1.95. The van der Waals surface area contributed by atoms with Gasteiger partial charge >= 0.3 is 0 Å². The van der Waals surface area contributed by atoms with E-state index in [0.717, 1.165) is 5.70 Å². The van der Waals surface area contributed by atoms with E-state index < -0.39 is 0 Å². The number of rotatable bonds is 5. The standard InChI is InChI=1S/C45H31NS/c1-3-12-35(13-4-2)46-40-28-34(32-21-20-30-16-8-9-17-31(30)26-32)22-24-38(40)42-43-39-27-33(29-14-6-5-7-15-29)23-25-41(39)47-45(43)37-19-11-10-18-36(37)44(42)46/h3-28H,1H2,2H3/b13-4-,35-12+. The average molecular weight is 618 g/mol. The van der Waals surface area contributed by atoms with Crippen molar-refractivity contribution in [3.63, 3.8) is 0 Å². The van der Waals surface area contributed by atoms with Crippen LogP contribution in [0.3, 0.4) is 0 Å². The van der Waals surface area contributed by atoms with E-state index in [1.165, 1.54) is 85.8 Å². The first-order valence-corrected chi connectivity index (χ1v) is 16.9. The third kappa shape index (κ3) is 4.30. The first-order chi connectivity index (χ1) is 23.2. The number of fused-ring (bicyclic) bond motifs is 11. The Labute approximate surface area is 277 Å². The number of thiophene rings is 1. The molecule has 0 unspecified atom stereocenters. The fraction of sp³-hybridized carbons (Fsp3) is 0.0222. The van der Waals surface area contributed by atoms with Gasteiger partial charge in [-0.2, -0.15) is 0 Å². The highest BCUT2D eigenvalue weighted by atomic mass is 32.1. The number of aromatic nitrogens is 1. The molecule has 0 amide bonds. The van der Waals surface area contributed by atoms with Crippen LogP contribution < -0.4 is 0 Å². The van der Waals surface area contributed by atoms with Gasteiger partial charge in [0.05, 0.1) is 11.0 Å². The van der Waals surface area contributed by atoms with Crippen molar-refractivity contribution in [2.45, 2.75) is 6.92 Å². The monoisotopic (exact) mass is 617 g/mol. The first kappa shape index (κ1) is 27.6. The molecule has 0 saturated heterocycles. The maximum atomic E-state index is 4.11. The van der Waals surface area contributed by atoms with Gasteiger partial charge in [0.15, 0.2) is 0 Å². The van der Waals surface area contributed by atoms with Gasteiger partial charge in [-0.3, -0.25) is 0 Å². The molecule has 1 nitrogen and oxygen atoms in total. The van der Waals surface area contributed by atoms with E-state index in [4.69, 9.17) is 0 Å². The van der Waals surface area contributed by atoms with Crippen LogP contribution >= 0.6 is 11.3 Å². The van der Waals surface area contributed by atoms with Crippen LogP contribution in [0.15, 0.2) is 164 Å². The fourth-order valence-electron chi connectivity index (χ4n) is 7.34. The molecular weight excluding hydrogens is 587 g/mol. The summed E-state index contributed by atoms with van der Waals surface area (Å²) >= 11 is 1.90. The van der Waals surface area contributed by atoms with E-state index in [9.17, 15) is 0 Å². The molecule has 2 aromatic heterocycles. The second-order valence-corrected chi connectivity index (χ2v) is 13.2. The molecule has 9 rings (SSSR count). The third-order valence-electron chi connectivity index (χ3n) is 9.41. The smallest absolute Gasteiger partial charge is 0.0626 e. The van der Waals surface area contributed by atoms with Crippen LogP contribution in [0.2, 0.25) is 0 Å². The first-order valence-electron chi connectivity index (χ1n) is 16.1. The van der Waals surface area contributed by atoms with Gasteiger partial charge in [0.25, 0.3) is 0 Å². The van der Waals surface area contributed by atoms with Gasteiger partial charge in [-0.25, -0.2) is 0 Å². The summed E-state index contributed by atoms with van der Waals surface area (Å²) < 4.78 is 5.11. The van der Waals surface area contributed by atoms with Crippen LogP contribution in [-0.2, 0) is 0 Å². The summed E-state index contributed by atoms with van der Waals surface area (Å²) in [5.74, 6) is 0. The normalized spacial score (nSPS) is 12.5. The molecular formula is C45H31NS. The van der Waals surface area contributed by atoms with Crippen LogP contribution in [0.4, 0.5) is 0 Å². The molecule has 0 spiro atoms. The van der Waals surface area contributed by atoms with Crippen molar-refractivity contribution < 1.29 is 0 Å². The van der Waals surface area contributed by atoms with Crippen LogP contribution in [-0.4, -0.2) is 4.57 Å². The van der Waals surface area contributed by atoms with Crippen LogP contribution in [0.1, 0.15) is 6.92 Å². The summed E-state index contributed by atoms with van der Waals surface area (Å²) in [7, 11) is 0. The molecule has 0 bridgehead atoms. The molecule has 0 radical (unpaired) electrons. The molecule has 0 atom stereocenters. The molecule has 0 aliphatic rings. The fourth-order valence-corrected chi connectivity index (χ4v) is 8.57. The van der Waals surface area contributed by atoms with Gasteiger partial charge in [-0.15, -0.1) is 11.3 Å². The minimum atomic E-state index is 1.09. The molecule has 2 heterocycles. The van der Waals surface area contributed by atoms with Crippen LogP contribution in [0.25, 0.3) is 91.5 Å². The summed E-state index contributed by atoms with van der Waals surface area (Å²) in [5, 5.41) is 10.2. The lowest BCUT2D eigenvalue weighted by atomic mass is 9.96. The number of hydrogen-bond acceptors (Lipinski definition) is 1. The van der Waals surface area contributed by atoms with Gasteiger partial charge < -0.3 is 4.57 Å². The van der Waals surface area contributed by atoms with Crippen molar-refractivity contribution in [3.05, 3.63) is 164 Å². The van der Waals surface area contributed by atoms with Gasteiger partial charge in [-0.05, 0) is 76.4 Å². The van der Waals surface area contributed by atoms with Gasteiger partial charge in [0, 0.05) is 47.4 Å². The number of benzene rings is 7. The second kappa shape index (κ2) is 11.0. The molecule has 0 saturated carbocycles. The quantitative estimate of drug-likeness (QED) is 0.169. The topological polar surface area (TPSA) is 4.93 Å². The zero-order chi connectivity index (χ0) is 31.5. The van der Waals surface area contributed by atoms with Crippen molar-refractivity contribution in [1.82, 2.24) is 4.57 Å². The van der Waals surface area contributed by atoms with Crippen molar-refractivity contribution in [2.75, 3.05) is 0 Å². The minimum absolute atomic E-state index is 1.09. The average Bonchev–Trinajstić information content (AvgIpc) is 3.67. The molecule has 0 aliphatic heterocycles. The van der Waals surface area contributed by atoms with Crippen molar-refractivity contribution in [1.29, 1.82) is 0 Å². The highest BCUT2D eigenvalue weighted by molar-refractivity contribution is 7.27. The van der Waals surface area contributed by atoms with Crippen molar-refractivity contribution >= 4 is 80.6 Å². The summed E-state index contributed by atoms with van der Waals surface area (Å²) in [4.78, 5) is 0. The molecule has 9 aromatic rings. The molecule has 2 heteroatoms. The highest BCUT2D eigenvalue weighted by Gasteiger charge is 2.22. The molecule has 7 aromatic carbocycles. The molecule has 0 aliphatic carbocycles. The van der Waals surface area contributed by atoms with Gasteiger partial charge in [0.2, 0.25) is 0 Å². The Balaban J connectivity index is 1.46. The Bertz CT molecular complexity index is 2750. The van der Waals surface area contributed by atoms with Crippen molar-refractivity contribution in [3.8, 4) is 22.3 Å². The number of hydrogen-bond donors (Lipinski definition) is 0. The lowest BCUT2D eigenvalue weighted by molar-refractivity contribution is 1.24. The molecule has 222 valence electrons. The highest BCUT2D eigenvalue weighted by Crippen LogP contribution is 2.49.